The van der Waals surface area contributed by atoms with Crippen molar-refractivity contribution in [1.82, 2.24) is 9.97 Å². The Morgan fingerprint density at radius 2 is 1.04 bits per heavy atom. The standard InChI is InChI=1S/C16H17N7/c17-14-15(22-20-12-7-3-1-4-8-12)18-11-19-16(14)23-21-13-9-5-2-6-10-13/h1-11,20-21H,17H2,(H2,18,19,22,23). The third kappa shape index (κ3) is 3.79. The predicted octanol–water partition coefficient (Wildman–Crippen LogP) is 2.94. The zero-order valence-electron chi connectivity index (χ0n) is 12.3. The molecule has 0 amide bonds. The van der Waals surface area contributed by atoms with Crippen LogP contribution < -0.4 is 27.4 Å². The number of nitrogens with zero attached hydrogens (tertiary/aromatic N) is 2. The van der Waals surface area contributed by atoms with Crippen molar-refractivity contribution in [3.8, 4) is 0 Å². The molecule has 0 aliphatic rings. The number of nitrogens with two attached hydrogens (primary N) is 1. The molecule has 3 aromatic rings. The number of benzene rings is 2. The van der Waals surface area contributed by atoms with Crippen LogP contribution in [0.15, 0.2) is 67.0 Å². The minimum absolute atomic E-state index is 0.402. The van der Waals surface area contributed by atoms with Gasteiger partial charge in [0.1, 0.15) is 12.0 Å². The van der Waals surface area contributed by atoms with Gasteiger partial charge < -0.3 is 5.73 Å². The van der Waals surface area contributed by atoms with Crippen LogP contribution in [0.25, 0.3) is 0 Å². The second-order valence-electron chi connectivity index (χ2n) is 4.72. The van der Waals surface area contributed by atoms with Crippen molar-refractivity contribution in [2.75, 3.05) is 27.4 Å². The third-order valence-electron chi connectivity index (χ3n) is 3.08. The zero-order valence-corrected chi connectivity index (χ0v) is 12.3. The fourth-order valence-corrected chi connectivity index (χ4v) is 1.90. The molecule has 0 spiro atoms. The number of hydrogen-bond donors (Lipinski definition) is 5. The van der Waals surface area contributed by atoms with E-state index in [1.807, 2.05) is 60.7 Å². The van der Waals surface area contributed by atoms with E-state index < -0.39 is 0 Å². The van der Waals surface area contributed by atoms with Gasteiger partial charge in [-0.05, 0) is 24.3 Å². The predicted molar refractivity (Wildman–Crippen MR) is 93.8 cm³/mol. The molecule has 0 atom stereocenters. The molecule has 0 radical (unpaired) electrons. The van der Waals surface area contributed by atoms with E-state index in [0.29, 0.717) is 17.3 Å². The topological polar surface area (TPSA) is 99.9 Å². The molecule has 7 nitrogen and oxygen atoms in total. The van der Waals surface area contributed by atoms with E-state index >= 15 is 0 Å². The van der Waals surface area contributed by atoms with Crippen LogP contribution in [0.5, 0.6) is 0 Å². The van der Waals surface area contributed by atoms with Crippen LogP contribution >= 0.6 is 0 Å². The SMILES string of the molecule is Nc1c(NNc2ccccc2)ncnc1NNc1ccccc1. The Morgan fingerprint density at radius 1 is 0.609 bits per heavy atom. The lowest BCUT2D eigenvalue weighted by molar-refractivity contribution is 1.15. The summed E-state index contributed by atoms with van der Waals surface area (Å²) in [5.41, 5.74) is 20.3. The summed E-state index contributed by atoms with van der Waals surface area (Å²) in [5, 5.41) is 0. The summed E-state index contributed by atoms with van der Waals surface area (Å²) in [6.45, 7) is 0. The van der Waals surface area contributed by atoms with E-state index in [1.165, 1.54) is 6.33 Å². The van der Waals surface area contributed by atoms with Crippen molar-refractivity contribution >= 4 is 28.7 Å². The Bertz CT molecular complexity index is 685. The molecule has 0 saturated heterocycles. The molecule has 1 aromatic heterocycles. The summed E-state index contributed by atoms with van der Waals surface area (Å²) >= 11 is 0. The average molecular weight is 307 g/mol. The van der Waals surface area contributed by atoms with E-state index in [2.05, 4.69) is 31.7 Å². The molecule has 0 bridgehead atoms. The minimum Gasteiger partial charge on any atom is -0.393 e. The summed E-state index contributed by atoms with van der Waals surface area (Å²) in [5.74, 6) is 0.974. The van der Waals surface area contributed by atoms with Crippen LogP contribution in [0.3, 0.4) is 0 Å². The van der Waals surface area contributed by atoms with Crippen LogP contribution in [0.1, 0.15) is 0 Å². The van der Waals surface area contributed by atoms with Crippen molar-refractivity contribution in [2.24, 2.45) is 0 Å². The molecule has 6 N–H and O–H groups in total. The lowest BCUT2D eigenvalue weighted by Crippen LogP contribution is -2.16. The van der Waals surface area contributed by atoms with Gasteiger partial charge in [-0.15, -0.1) is 0 Å². The largest absolute Gasteiger partial charge is 0.393 e. The van der Waals surface area contributed by atoms with Crippen molar-refractivity contribution < 1.29 is 0 Å². The molecule has 0 saturated carbocycles. The number of nitrogens with one attached hydrogen (secondary N) is 4. The molecule has 116 valence electrons. The van der Waals surface area contributed by atoms with Gasteiger partial charge in [0.05, 0.1) is 11.4 Å². The van der Waals surface area contributed by atoms with Gasteiger partial charge in [-0.25, -0.2) is 9.97 Å². The van der Waals surface area contributed by atoms with Crippen LogP contribution in [-0.2, 0) is 0 Å². The van der Waals surface area contributed by atoms with Gasteiger partial charge in [0, 0.05) is 0 Å². The maximum absolute atomic E-state index is 6.08. The molecule has 7 heteroatoms. The highest BCUT2D eigenvalue weighted by Crippen LogP contribution is 2.22. The van der Waals surface area contributed by atoms with Crippen LogP contribution in [-0.4, -0.2) is 9.97 Å². The number of nitrogen functional groups attached to an aromatic ring is 1. The van der Waals surface area contributed by atoms with Crippen LogP contribution in [0.2, 0.25) is 0 Å². The third-order valence-corrected chi connectivity index (χ3v) is 3.08. The number of hydrazine groups is 2. The molecule has 0 fully saturated rings. The summed E-state index contributed by atoms with van der Waals surface area (Å²) in [4.78, 5) is 8.26. The fourth-order valence-electron chi connectivity index (χ4n) is 1.90. The molecular weight excluding hydrogens is 290 g/mol. The smallest absolute Gasteiger partial charge is 0.173 e. The lowest BCUT2D eigenvalue weighted by atomic mass is 10.3. The van der Waals surface area contributed by atoms with E-state index in [4.69, 9.17) is 5.73 Å². The lowest BCUT2D eigenvalue weighted by Gasteiger charge is -2.14. The first-order valence-corrected chi connectivity index (χ1v) is 7.07. The second-order valence-corrected chi connectivity index (χ2v) is 4.72. The van der Waals surface area contributed by atoms with Crippen molar-refractivity contribution in [3.63, 3.8) is 0 Å². The van der Waals surface area contributed by atoms with Crippen LogP contribution in [0.4, 0.5) is 28.7 Å². The summed E-state index contributed by atoms with van der Waals surface area (Å²) in [6.07, 6.45) is 1.43. The molecule has 0 aliphatic carbocycles. The first-order valence-electron chi connectivity index (χ1n) is 7.07. The number of hydrogen-bond acceptors (Lipinski definition) is 7. The summed E-state index contributed by atoms with van der Waals surface area (Å²) in [6, 6.07) is 19.4. The second kappa shape index (κ2) is 6.99. The molecular formula is C16H17N7. The van der Waals surface area contributed by atoms with Gasteiger partial charge in [-0.2, -0.15) is 0 Å². The Kier molecular flexibility index (Phi) is 4.39. The fraction of sp³-hybridized carbons (Fsp3) is 0. The number of aromatic nitrogens is 2. The molecule has 0 aliphatic heterocycles. The zero-order chi connectivity index (χ0) is 15.9. The monoisotopic (exact) mass is 307 g/mol. The normalized spacial score (nSPS) is 9.91. The number of para-hydroxylation sites is 2. The quantitative estimate of drug-likeness (QED) is 0.446. The minimum atomic E-state index is 0.402. The molecule has 3 rings (SSSR count). The molecule has 2 aromatic carbocycles. The van der Waals surface area contributed by atoms with Crippen LogP contribution in [0, 0.1) is 0 Å². The number of anilines is 5. The first-order chi connectivity index (χ1) is 11.3. The Labute approximate surface area is 133 Å². The van der Waals surface area contributed by atoms with Gasteiger partial charge in [-0.3, -0.25) is 21.7 Å². The highest BCUT2D eigenvalue weighted by molar-refractivity contribution is 5.75. The maximum Gasteiger partial charge on any atom is 0.173 e. The molecule has 1 heterocycles. The summed E-state index contributed by atoms with van der Waals surface area (Å²) in [7, 11) is 0. The van der Waals surface area contributed by atoms with Crippen molar-refractivity contribution in [1.29, 1.82) is 0 Å². The van der Waals surface area contributed by atoms with E-state index in [-0.39, 0.29) is 0 Å². The maximum atomic E-state index is 6.08. The Morgan fingerprint density at radius 3 is 1.48 bits per heavy atom. The highest BCUT2D eigenvalue weighted by Gasteiger charge is 2.07. The Hall–Kier alpha value is -3.48. The van der Waals surface area contributed by atoms with Gasteiger partial charge in [0.2, 0.25) is 0 Å². The van der Waals surface area contributed by atoms with Crippen molar-refractivity contribution in [2.45, 2.75) is 0 Å². The Balaban J connectivity index is 1.66. The van der Waals surface area contributed by atoms with Gasteiger partial charge in [0.25, 0.3) is 0 Å². The van der Waals surface area contributed by atoms with E-state index in [1.54, 1.807) is 0 Å². The van der Waals surface area contributed by atoms with Gasteiger partial charge in [0.15, 0.2) is 11.6 Å². The van der Waals surface area contributed by atoms with E-state index in [0.717, 1.165) is 11.4 Å². The first kappa shape index (κ1) is 14.5. The average Bonchev–Trinajstić information content (AvgIpc) is 2.61. The number of rotatable bonds is 6. The van der Waals surface area contributed by atoms with Crippen molar-refractivity contribution in [3.05, 3.63) is 67.0 Å². The van der Waals surface area contributed by atoms with Gasteiger partial charge in [-0.1, -0.05) is 36.4 Å². The summed E-state index contributed by atoms with van der Waals surface area (Å²) < 4.78 is 0. The highest BCUT2D eigenvalue weighted by atomic mass is 15.4. The molecule has 0 unspecified atom stereocenters. The van der Waals surface area contributed by atoms with E-state index in [9.17, 15) is 0 Å². The van der Waals surface area contributed by atoms with Gasteiger partial charge >= 0.3 is 0 Å². The molecule has 23 heavy (non-hydrogen) atoms.